The zero-order valence-corrected chi connectivity index (χ0v) is 10.7. The predicted molar refractivity (Wildman–Crippen MR) is 70.6 cm³/mol. The van der Waals surface area contributed by atoms with E-state index in [-0.39, 0.29) is 5.56 Å². The fraction of sp³-hybridized carbons (Fsp3) is 0.133. The summed E-state index contributed by atoms with van der Waals surface area (Å²) in [6, 6.07) is 12.1. The normalized spacial score (nSPS) is 10.0. The van der Waals surface area contributed by atoms with Crippen LogP contribution in [-0.4, -0.2) is 11.1 Å². The molecular weight excluding hydrogens is 244 g/mol. The van der Waals surface area contributed by atoms with Crippen molar-refractivity contribution >= 4 is 5.97 Å². The van der Waals surface area contributed by atoms with Gasteiger partial charge in [0.05, 0.1) is 5.56 Å². The average molecular weight is 258 g/mol. The molecule has 0 atom stereocenters. The molecule has 0 amide bonds. The van der Waals surface area contributed by atoms with Crippen LogP contribution in [0.4, 0.5) is 0 Å². The van der Waals surface area contributed by atoms with Crippen LogP contribution in [-0.2, 0) is 0 Å². The van der Waals surface area contributed by atoms with Gasteiger partial charge >= 0.3 is 5.97 Å². The molecule has 0 saturated carbocycles. The molecule has 2 aromatic rings. The quantitative estimate of drug-likeness (QED) is 0.674. The molecule has 19 heavy (non-hydrogen) atoms. The summed E-state index contributed by atoms with van der Waals surface area (Å²) < 4.78 is 0. The summed E-state index contributed by atoms with van der Waals surface area (Å²) in [6.45, 7) is 3.71. The van der Waals surface area contributed by atoms with E-state index in [1.54, 1.807) is 31.2 Å². The zero-order valence-electron chi connectivity index (χ0n) is 10.7. The van der Waals surface area contributed by atoms with Crippen LogP contribution < -0.4 is 9.78 Å². The molecule has 98 valence electrons. The van der Waals surface area contributed by atoms with Gasteiger partial charge < -0.3 is 5.11 Å². The lowest BCUT2D eigenvalue weighted by Gasteiger charge is -2.07. The molecule has 4 nitrogen and oxygen atoms in total. The summed E-state index contributed by atoms with van der Waals surface area (Å²) in [5.41, 5.74) is 2.00. The number of benzene rings is 2. The van der Waals surface area contributed by atoms with Crippen molar-refractivity contribution in [2.24, 2.45) is 0 Å². The largest absolute Gasteiger partial charge is 0.478 e. The number of aromatic carboxylic acids is 1. The third-order valence-corrected chi connectivity index (χ3v) is 2.69. The van der Waals surface area contributed by atoms with E-state index in [1.165, 1.54) is 6.07 Å². The van der Waals surface area contributed by atoms with Crippen molar-refractivity contribution in [2.45, 2.75) is 13.8 Å². The van der Waals surface area contributed by atoms with Gasteiger partial charge in [0.2, 0.25) is 0 Å². The first-order valence-electron chi connectivity index (χ1n) is 5.81. The number of carbonyl (C=O) groups is 1. The summed E-state index contributed by atoms with van der Waals surface area (Å²) in [5, 5.41) is 9.01. The number of carboxylic acid groups (broad SMARTS) is 1. The summed E-state index contributed by atoms with van der Waals surface area (Å²) in [5.74, 6) is -0.0788. The third kappa shape index (κ3) is 3.25. The molecule has 0 spiro atoms. The van der Waals surface area contributed by atoms with Gasteiger partial charge in [-0.2, -0.15) is 0 Å². The molecule has 0 aliphatic rings. The van der Waals surface area contributed by atoms with E-state index in [1.807, 2.05) is 19.1 Å². The summed E-state index contributed by atoms with van der Waals surface area (Å²) in [7, 11) is 0. The molecule has 0 heterocycles. The first-order chi connectivity index (χ1) is 9.06. The van der Waals surface area contributed by atoms with E-state index in [0.29, 0.717) is 17.1 Å². The van der Waals surface area contributed by atoms with Crippen LogP contribution in [0.2, 0.25) is 0 Å². The second kappa shape index (κ2) is 5.44. The molecule has 4 heteroatoms. The predicted octanol–water partition coefficient (Wildman–Crippen LogP) is 3.37. The second-order valence-electron chi connectivity index (χ2n) is 4.26. The zero-order chi connectivity index (χ0) is 13.8. The topological polar surface area (TPSA) is 55.8 Å². The van der Waals surface area contributed by atoms with E-state index in [2.05, 4.69) is 0 Å². The SMILES string of the molecule is Cc1ccc(OOc2ccc(C)c(C(=O)O)c2)cc1. The smallest absolute Gasteiger partial charge is 0.336 e. The van der Waals surface area contributed by atoms with Gasteiger partial charge in [0.25, 0.3) is 0 Å². The molecule has 0 aromatic heterocycles. The van der Waals surface area contributed by atoms with E-state index < -0.39 is 5.97 Å². The Morgan fingerprint density at radius 2 is 1.53 bits per heavy atom. The van der Waals surface area contributed by atoms with Crippen LogP contribution in [0.25, 0.3) is 0 Å². The molecular formula is C15H14O4. The Kier molecular flexibility index (Phi) is 3.71. The van der Waals surface area contributed by atoms with E-state index in [4.69, 9.17) is 14.9 Å². The van der Waals surface area contributed by atoms with Gasteiger partial charge in [0, 0.05) is 6.07 Å². The maximum atomic E-state index is 11.0. The van der Waals surface area contributed by atoms with Gasteiger partial charge in [-0.1, -0.05) is 23.8 Å². The number of aryl methyl sites for hydroxylation is 2. The average Bonchev–Trinajstić information content (AvgIpc) is 2.39. The highest BCUT2D eigenvalue weighted by atomic mass is 17.2. The Morgan fingerprint density at radius 1 is 0.947 bits per heavy atom. The number of carboxylic acids is 1. The van der Waals surface area contributed by atoms with Gasteiger partial charge in [0.1, 0.15) is 0 Å². The molecule has 0 radical (unpaired) electrons. The molecule has 0 saturated heterocycles. The van der Waals surface area contributed by atoms with Crippen molar-refractivity contribution in [1.29, 1.82) is 0 Å². The highest BCUT2D eigenvalue weighted by molar-refractivity contribution is 5.89. The van der Waals surface area contributed by atoms with Gasteiger partial charge in [-0.25, -0.2) is 4.79 Å². The Balaban J connectivity index is 2.09. The standard InChI is InChI=1S/C15H14O4/c1-10-3-6-12(7-4-10)18-19-13-8-5-11(2)14(9-13)15(16)17/h3-9H,1-2H3,(H,16,17). The van der Waals surface area contributed by atoms with Crippen molar-refractivity contribution in [1.82, 2.24) is 0 Å². The van der Waals surface area contributed by atoms with Crippen LogP contribution in [0.5, 0.6) is 11.5 Å². The lowest BCUT2D eigenvalue weighted by Crippen LogP contribution is -2.04. The Morgan fingerprint density at radius 3 is 2.16 bits per heavy atom. The highest BCUT2D eigenvalue weighted by Crippen LogP contribution is 2.19. The molecule has 2 rings (SSSR count). The van der Waals surface area contributed by atoms with Crippen molar-refractivity contribution in [3.63, 3.8) is 0 Å². The van der Waals surface area contributed by atoms with Crippen LogP contribution in [0.1, 0.15) is 21.5 Å². The van der Waals surface area contributed by atoms with Crippen LogP contribution >= 0.6 is 0 Å². The van der Waals surface area contributed by atoms with Crippen LogP contribution in [0.15, 0.2) is 42.5 Å². The Labute approximate surface area is 111 Å². The lowest BCUT2D eigenvalue weighted by molar-refractivity contribution is -0.1000. The lowest BCUT2D eigenvalue weighted by atomic mass is 10.1. The van der Waals surface area contributed by atoms with Crippen molar-refractivity contribution in [2.75, 3.05) is 0 Å². The molecule has 2 aromatic carbocycles. The maximum absolute atomic E-state index is 11.0. The number of hydrogen-bond donors (Lipinski definition) is 1. The second-order valence-corrected chi connectivity index (χ2v) is 4.26. The summed E-state index contributed by atoms with van der Waals surface area (Å²) >= 11 is 0. The first-order valence-corrected chi connectivity index (χ1v) is 5.81. The highest BCUT2D eigenvalue weighted by Gasteiger charge is 2.09. The van der Waals surface area contributed by atoms with Gasteiger partial charge in [0.15, 0.2) is 11.5 Å². The van der Waals surface area contributed by atoms with Crippen molar-refractivity contribution < 1.29 is 19.7 Å². The fourth-order valence-corrected chi connectivity index (χ4v) is 1.57. The molecule has 0 aliphatic heterocycles. The minimum atomic E-state index is -0.988. The fourth-order valence-electron chi connectivity index (χ4n) is 1.57. The molecule has 0 fully saturated rings. The van der Waals surface area contributed by atoms with E-state index in [9.17, 15) is 4.79 Å². The first kappa shape index (κ1) is 13.0. The van der Waals surface area contributed by atoms with Crippen molar-refractivity contribution in [3.8, 4) is 11.5 Å². The van der Waals surface area contributed by atoms with Crippen LogP contribution in [0.3, 0.4) is 0 Å². The summed E-state index contributed by atoms with van der Waals surface area (Å²) in [4.78, 5) is 21.2. The minimum Gasteiger partial charge on any atom is -0.478 e. The third-order valence-electron chi connectivity index (χ3n) is 2.69. The van der Waals surface area contributed by atoms with Gasteiger partial charge in [-0.3, -0.25) is 9.78 Å². The molecule has 0 unspecified atom stereocenters. The molecule has 0 aliphatic carbocycles. The Hall–Kier alpha value is -2.49. The van der Waals surface area contributed by atoms with Gasteiger partial charge in [-0.15, -0.1) is 0 Å². The number of rotatable bonds is 4. The maximum Gasteiger partial charge on any atom is 0.336 e. The Bertz CT molecular complexity index is 588. The van der Waals surface area contributed by atoms with Gasteiger partial charge in [-0.05, 0) is 37.6 Å². The minimum absolute atomic E-state index is 0.199. The summed E-state index contributed by atoms with van der Waals surface area (Å²) in [6.07, 6.45) is 0. The van der Waals surface area contributed by atoms with Crippen LogP contribution in [0, 0.1) is 13.8 Å². The monoisotopic (exact) mass is 258 g/mol. The van der Waals surface area contributed by atoms with E-state index >= 15 is 0 Å². The number of hydrogen-bond acceptors (Lipinski definition) is 3. The van der Waals surface area contributed by atoms with Crippen molar-refractivity contribution in [3.05, 3.63) is 59.2 Å². The molecule has 1 N–H and O–H groups in total. The van der Waals surface area contributed by atoms with E-state index in [0.717, 1.165) is 5.56 Å². The molecule has 0 bridgehead atoms.